The van der Waals surface area contributed by atoms with Gasteiger partial charge >= 0.3 is 0 Å². The Morgan fingerprint density at radius 2 is 2.07 bits per heavy atom. The minimum absolute atomic E-state index is 0.214. The first-order valence-electron chi connectivity index (χ1n) is 4.59. The fourth-order valence-electron chi connectivity index (χ4n) is 1.60. The van der Waals surface area contributed by atoms with Gasteiger partial charge in [0.05, 0.1) is 5.60 Å². The lowest BCUT2D eigenvalue weighted by atomic mass is 10.2. The summed E-state index contributed by atoms with van der Waals surface area (Å²) < 4.78 is 13.8. The monoisotopic (exact) mass is 208 g/mol. The third-order valence-corrected chi connectivity index (χ3v) is 3.96. The van der Waals surface area contributed by atoms with E-state index in [4.69, 9.17) is 0 Å². The van der Waals surface area contributed by atoms with Crippen molar-refractivity contribution in [3.05, 3.63) is 35.0 Å². The van der Waals surface area contributed by atoms with E-state index in [1.54, 1.807) is 6.07 Å². The topological polar surface area (TPSA) is 20.2 Å². The molecule has 1 aromatic carbocycles. The van der Waals surface area contributed by atoms with Gasteiger partial charge in [-0.2, -0.15) is 0 Å². The van der Waals surface area contributed by atoms with Crippen LogP contribution in [-0.4, -0.2) is 5.11 Å². The summed E-state index contributed by atoms with van der Waals surface area (Å²) in [6.45, 7) is 0. The van der Waals surface area contributed by atoms with Gasteiger partial charge in [0.15, 0.2) is 0 Å². The van der Waals surface area contributed by atoms with Crippen LogP contribution >= 0.6 is 11.3 Å². The summed E-state index contributed by atoms with van der Waals surface area (Å²) in [5, 5.41) is 10.9. The lowest BCUT2D eigenvalue weighted by Crippen LogP contribution is -1.99. The Balaban J connectivity index is 2.20. The average molecular weight is 208 g/mol. The van der Waals surface area contributed by atoms with Crippen LogP contribution in [-0.2, 0) is 5.60 Å². The molecule has 0 atom stereocenters. The normalized spacial score (nSPS) is 18.7. The number of benzene rings is 1. The number of hydrogen-bond donors (Lipinski definition) is 1. The van der Waals surface area contributed by atoms with Crippen LogP contribution in [0.2, 0.25) is 0 Å². The molecular weight excluding hydrogens is 199 g/mol. The summed E-state index contributed by atoms with van der Waals surface area (Å²) in [4.78, 5) is 0.970. The molecule has 0 bridgehead atoms. The molecule has 1 N–H and O–H groups in total. The SMILES string of the molecule is OC1(c2cc3ccc(F)cc3s2)CC1. The Morgan fingerprint density at radius 3 is 2.79 bits per heavy atom. The Bertz CT molecular complexity index is 499. The summed E-state index contributed by atoms with van der Waals surface area (Å²) in [5.74, 6) is -0.214. The van der Waals surface area contributed by atoms with Crippen LogP contribution in [0, 0.1) is 5.82 Å². The van der Waals surface area contributed by atoms with Crippen molar-refractivity contribution in [1.29, 1.82) is 0 Å². The fourth-order valence-corrected chi connectivity index (χ4v) is 2.83. The minimum Gasteiger partial charge on any atom is -0.384 e. The van der Waals surface area contributed by atoms with Gasteiger partial charge in [-0.1, -0.05) is 6.07 Å². The molecule has 1 saturated carbocycles. The van der Waals surface area contributed by atoms with Gasteiger partial charge in [-0.05, 0) is 36.4 Å². The molecule has 0 saturated heterocycles. The molecule has 14 heavy (non-hydrogen) atoms. The van der Waals surface area contributed by atoms with Crippen LogP contribution in [0.1, 0.15) is 17.7 Å². The zero-order valence-corrected chi connectivity index (χ0v) is 8.27. The molecule has 0 unspecified atom stereocenters. The lowest BCUT2D eigenvalue weighted by Gasteiger charge is -2.00. The second-order valence-electron chi connectivity index (χ2n) is 3.82. The van der Waals surface area contributed by atoms with Gasteiger partial charge in [0.1, 0.15) is 5.82 Å². The van der Waals surface area contributed by atoms with E-state index in [0.29, 0.717) is 0 Å². The van der Waals surface area contributed by atoms with Gasteiger partial charge in [-0.3, -0.25) is 0 Å². The smallest absolute Gasteiger partial charge is 0.124 e. The first-order chi connectivity index (χ1) is 6.67. The number of rotatable bonds is 1. The minimum atomic E-state index is -0.597. The van der Waals surface area contributed by atoms with Gasteiger partial charge in [0, 0.05) is 9.58 Å². The van der Waals surface area contributed by atoms with E-state index in [1.165, 1.54) is 23.5 Å². The van der Waals surface area contributed by atoms with Crippen molar-refractivity contribution in [3.63, 3.8) is 0 Å². The molecular formula is C11H9FOS. The Labute approximate surface area is 84.8 Å². The highest BCUT2D eigenvalue weighted by atomic mass is 32.1. The van der Waals surface area contributed by atoms with Gasteiger partial charge in [0.2, 0.25) is 0 Å². The van der Waals surface area contributed by atoms with E-state index in [2.05, 4.69) is 0 Å². The predicted octanol–water partition coefficient (Wildman–Crippen LogP) is 3.02. The third-order valence-electron chi connectivity index (χ3n) is 2.66. The maximum Gasteiger partial charge on any atom is 0.124 e. The number of hydrogen-bond acceptors (Lipinski definition) is 2. The average Bonchev–Trinajstić information content (AvgIpc) is 2.77. The van der Waals surface area contributed by atoms with Crippen LogP contribution in [0.15, 0.2) is 24.3 Å². The highest BCUT2D eigenvalue weighted by Gasteiger charge is 2.43. The molecule has 3 rings (SSSR count). The summed E-state index contributed by atoms with van der Waals surface area (Å²) in [7, 11) is 0. The zero-order valence-electron chi connectivity index (χ0n) is 7.46. The van der Waals surface area contributed by atoms with E-state index in [-0.39, 0.29) is 5.82 Å². The van der Waals surface area contributed by atoms with Crippen molar-refractivity contribution in [2.24, 2.45) is 0 Å². The summed E-state index contributed by atoms with van der Waals surface area (Å²) >= 11 is 1.49. The fraction of sp³-hybridized carbons (Fsp3) is 0.273. The molecule has 72 valence electrons. The molecule has 0 aliphatic heterocycles. The number of thiophene rings is 1. The van der Waals surface area contributed by atoms with Gasteiger partial charge in [-0.25, -0.2) is 4.39 Å². The van der Waals surface area contributed by atoms with Crippen molar-refractivity contribution in [2.45, 2.75) is 18.4 Å². The predicted molar refractivity (Wildman–Crippen MR) is 54.9 cm³/mol. The number of aliphatic hydroxyl groups is 1. The van der Waals surface area contributed by atoms with E-state index < -0.39 is 5.60 Å². The first-order valence-corrected chi connectivity index (χ1v) is 5.41. The van der Waals surface area contributed by atoms with E-state index in [1.807, 2.05) is 6.07 Å². The van der Waals surface area contributed by atoms with E-state index in [0.717, 1.165) is 27.8 Å². The van der Waals surface area contributed by atoms with Crippen LogP contribution in [0.5, 0.6) is 0 Å². The zero-order chi connectivity index (χ0) is 9.76. The highest BCUT2D eigenvalue weighted by molar-refractivity contribution is 7.19. The summed E-state index contributed by atoms with van der Waals surface area (Å²) in [5.41, 5.74) is -0.597. The quantitative estimate of drug-likeness (QED) is 0.763. The van der Waals surface area contributed by atoms with Crippen molar-refractivity contribution in [2.75, 3.05) is 0 Å². The number of fused-ring (bicyclic) bond motifs is 1. The molecule has 0 radical (unpaired) electrons. The van der Waals surface area contributed by atoms with Gasteiger partial charge < -0.3 is 5.11 Å². The Morgan fingerprint density at radius 1 is 1.29 bits per heavy atom. The standard InChI is InChI=1S/C11H9FOS/c12-8-2-1-7-5-10(11(13)3-4-11)14-9(7)6-8/h1-2,5-6,13H,3-4H2. The van der Waals surface area contributed by atoms with Crippen LogP contribution in [0.3, 0.4) is 0 Å². The highest BCUT2D eigenvalue weighted by Crippen LogP contribution is 2.49. The largest absolute Gasteiger partial charge is 0.384 e. The Kier molecular flexibility index (Phi) is 1.53. The molecule has 0 spiro atoms. The Hall–Kier alpha value is -0.930. The molecule has 0 amide bonds. The third kappa shape index (κ3) is 1.16. The van der Waals surface area contributed by atoms with E-state index in [9.17, 15) is 9.50 Å². The molecule has 3 heteroatoms. The maximum absolute atomic E-state index is 12.9. The summed E-state index contributed by atoms with van der Waals surface area (Å²) in [6.07, 6.45) is 1.67. The van der Waals surface area contributed by atoms with Crippen molar-refractivity contribution in [3.8, 4) is 0 Å². The molecule has 1 nitrogen and oxygen atoms in total. The molecule has 1 fully saturated rings. The summed E-state index contributed by atoms with van der Waals surface area (Å²) in [6, 6.07) is 6.70. The van der Waals surface area contributed by atoms with Crippen molar-refractivity contribution < 1.29 is 9.50 Å². The van der Waals surface area contributed by atoms with Crippen LogP contribution < -0.4 is 0 Å². The molecule has 1 heterocycles. The van der Waals surface area contributed by atoms with Gasteiger partial charge in [0.25, 0.3) is 0 Å². The second-order valence-corrected chi connectivity index (χ2v) is 4.91. The van der Waals surface area contributed by atoms with Crippen molar-refractivity contribution >= 4 is 21.4 Å². The lowest BCUT2D eigenvalue weighted by molar-refractivity contribution is 0.155. The number of halogens is 1. The molecule has 1 aromatic heterocycles. The van der Waals surface area contributed by atoms with Crippen molar-refractivity contribution in [1.82, 2.24) is 0 Å². The van der Waals surface area contributed by atoms with Gasteiger partial charge in [-0.15, -0.1) is 11.3 Å². The van der Waals surface area contributed by atoms with Crippen LogP contribution in [0.25, 0.3) is 10.1 Å². The first kappa shape index (κ1) is 8.38. The molecule has 2 aromatic rings. The van der Waals surface area contributed by atoms with E-state index >= 15 is 0 Å². The second kappa shape index (κ2) is 2.55. The molecule has 1 aliphatic carbocycles. The van der Waals surface area contributed by atoms with Crippen LogP contribution in [0.4, 0.5) is 4.39 Å². The maximum atomic E-state index is 12.9. The molecule has 1 aliphatic rings.